The van der Waals surface area contributed by atoms with Crippen molar-refractivity contribution in [2.45, 2.75) is 63.6 Å². The van der Waals surface area contributed by atoms with Crippen LogP contribution in [0.4, 0.5) is 0 Å². The second-order valence-electron chi connectivity index (χ2n) is 9.86. The highest BCUT2D eigenvalue weighted by atomic mass is 16.5. The first kappa shape index (κ1) is 18.1. The summed E-state index contributed by atoms with van der Waals surface area (Å²) in [5.74, 6) is 2.48. The van der Waals surface area contributed by atoms with Gasteiger partial charge in [-0.25, -0.2) is 0 Å². The average Bonchev–Trinajstić information content (AvgIpc) is 3.25. The molecule has 4 fully saturated rings. The second kappa shape index (κ2) is 7.49. The number of ether oxygens (including phenoxy) is 1. The van der Waals surface area contributed by atoms with Crippen LogP contribution in [0.1, 0.15) is 50.1 Å². The highest BCUT2D eigenvalue weighted by Crippen LogP contribution is 2.44. The fourth-order valence-corrected chi connectivity index (χ4v) is 5.70. The molecule has 0 spiro atoms. The zero-order chi connectivity index (χ0) is 18.4. The summed E-state index contributed by atoms with van der Waals surface area (Å²) in [6.07, 6.45) is 12.5. The average molecular weight is 373 g/mol. The zero-order valence-corrected chi connectivity index (χ0v) is 17.1. The van der Waals surface area contributed by atoms with Crippen LogP contribution in [0.3, 0.4) is 0 Å². The van der Waals surface area contributed by atoms with Crippen LogP contribution >= 0.6 is 0 Å². The molecule has 2 saturated carbocycles. The number of piperidine rings is 1. The minimum Gasteiger partial charge on any atom is -0.376 e. The van der Waals surface area contributed by atoms with E-state index in [1.165, 1.54) is 70.3 Å². The lowest BCUT2D eigenvalue weighted by molar-refractivity contribution is -0.0371. The maximum absolute atomic E-state index is 6.50. The number of rotatable bonds is 5. The van der Waals surface area contributed by atoms with E-state index >= 15 is 0 Å². The Morgan fingerprint density at radius 2 is 1.81 bits per heavy atom. The van der Waals surface area contributed by atoms with Crippen molar-refractivity contribution in [3.63, 3.8) is 0 Å². The van der Waals surface area contributed by atoms with Crippen molar-refractivity contribution in [1.29, 1.82) is 0 Å². The van der Waals surface area contributed by atoms with Gasteiger partial charge in [0.25, 0.3) is 0 Å². The topological polar surface area (TPSA) is 33.5 Å². The first-order valence-corrected chi connectivity index (χ1v) is 11.2. The molecule has 150 valence electrons. The van der Waals surface area contributed by atoms with Gasteiger partial charge >= 0.3 is 0 Å². The maximum atomic E-state index is 6.50. The van der Waals surface area contributed by atoms with Crippen LogP contribution in [0.15, 0.2) is 12.4 Å². The van der Waals surface area contributed by atoms with Gasteiger partial charge in [-0.15, -0.1) is 0 Å². The van der Waals surface area contributed by atoms with Crippen LogP contribution in [-0.2, 0) is 4.74 Å². The van der Waals surface area contributed by atoms with Crippen molar-refractivity contribution in [3.05, 3.63) is 18.0 Å². The minimum absolute atomic E-state index is 0.351. The third kappa shape index (κ3) is 3.96. The molecule has 3 heterocycles. The summed E-state index contributed by atoms with van der Waals surface area (Å²) in [5.41, 5.74) is 1.26. The molecule has 0 aromatic carbocycles. The minimum atomic E-state index is 0.351. The number of hydrogen-bond donors (Lipinski definition) is 0. The van der Waals surface area contributed by atoms with E-state index in [0.29, 0.717) is 12.1 Å². The van der Waals surface area contributed by atoms with Gasteiger partial charge in [-0.2, -0.15) is 5.10 Å². The van der Waals surface area contributed by atoms with Gasteiger partial charge < -0.3 is 9.64 Å². The molecule has 2 aliphatic heterocycles. The lowest BCUT2D eigenvalue weighted by Gasteiger charge is -2.38. The van der Waals surface area contributed by atoms with Crippen LogP contribution < -0.4 is 0 Å². The van der Waals surface area contributed by atoms with Crippen LogP contribution in [-0.4, -0.2) is 71.6 Å². The van der Waals surface area contributed by atoms with Gasteiger partial charge in [0.1, 0.15) is 0 Å². The third-order valence-corrected chi connectivity index (χ3v) is 7.63. The Kier molecular flexibility index (Phi) is 5.03. The van der Waals surface area contributed by atoms with Crippen molar-refractivity contribution in [1.82, 2.24) is 19.6 Å². The van der Waals surface area contributed by atoms with Gasteiger partial charge in [0, 0.05) is 31.9 Å². The monoisotopic (exact) mass is 372 g/mol. The van der Waals surface area contributed by atoms with Crippen molar-refractivity contribution < 1.29 is 4.74 Å². The molecule has 0 radical (unpaired) electrons. The van der Waals surface area contributed by atoms with Gasteiger partial charge in [0.15, 0.2) is 0 Å². The van der Waals surface area contributed by atoms with Gasteiger partial charge in [-0.1, -0.05) is 0 Å². The van der Waals surface area contributed by atoms with Gasteiger partial charge in [0.05, 0.1) is 18.3 Å². The maximum Gasteiger partial charge on any atom is 0.0802 e. The molecule has 4 aliphatic rings. The molecule has 5 nitrogen and oxygen atoms in total. The van der Waals surface area contributed by atoms with E-state index in [1.54, 1.807) is 0 Å². The predicted molar refractivity (Wildman–Crippen MR) is 107 cm³/mol. The zero-order valence-electron chi connectivity index (χ0n) is 17.1. The molecule has 5 heteroatoms. The normalized spacial score (nSPS) is 36.2. The molecule has 27 heavy (non-hydrogen) atoms. The molecule has 2 aliphatic carbocycles. The number of aryl methyl sites for hydroxylation is 1. The van der Waals surface area contributed by atoms with Crippen LogP contribution in [0.5, 0.6) is 0 Å². The van der Waals surface area contributed by atoms with E-state index in [1.807, 2.05) is 6.20 Å². The molecular formula is C22H36N4O. The Hall–Kier alpha value is -0.910. The highest BCUT2D eigenvalue weighted by Gasteiger charge is 2.45. The van der Waals surface area contributed by atoms with E-state index in [2.05, 4.69) is 39.7 Å². The Morgan fingerprint density at radius 3 is 2.48 bits per heavy atom. The molecule has 2 saturated heterocycles. The number of nitrogens with zero attached hydrogens (tertiary/aromatic N) is 4. The molecule has 0 amide bonds. The summed E-state index contributed by atoms with van der Waals surface area (Å²) >= 11 is 0. The number of hydrogen-bond acceptors (Lipinski definition) is 4. The summed E-state index contributed by atoms with van der Waals surface area (Å²) in [6.45, 7) is 8.24. The SMILES string of the molecule is Cc1cnn([C@H]2C[C@H]3CN(C4CCN(C)CC4)C[C@H]3C[C@@H]2OCC2CC2)c1. The van der Waals surface area contributed by atoms with Crippen LogP contribution in [0.25, 0.3) is 0 Å². The first-order chi connectivity index (χ1) is 13.2. The summed E-state index contributed by atoms with van der Waals surface area (Å²) in [4.78, 5) is 5.31. The quantitative estimate of drug-likeness (QED) is 0.796. The summed E-state index contributed by atoms with van der Waals surface area (Å²) < 4.78 is 8.72. The summed E-state index contributed by atoms with van der Waals surface area (Å²) in [7, 11) is 2.26. The summed E-state index contributed by atoms with van der Waals surface area (Å²) in [6, 6.07) is 1.24. The molecule has 0 bridgehead atoms. The molecule has 4 atom stereocenters. The van der Waals surface area contributed by atoms with Crippen LogP contribution in [0.2, 0.25) is 0 Å². The predicted octanol–water partition coefficient (Wildman–Crippen LogP) is 2.96. The largest absolute Gasteiger partial charge is 0.376 e. The van der Waals surface area contributed by atoms with Gasteiger partial charge in [0.2, 0.25) is 0 Å². The van der Waals surface area contributed by atoms with E-state index in [0.717, 1.165) is 30.4 Å². The second-order valence-corrected chi connectivity index (χ2v) is 9.86. The molecular weight excluding hydrogens is 336 g/mol. The van der Waals surface area contributed by atoms with E-state index < -0.39 is 0 Å². The van der Waals surface area contributed by atoms with Gasteiger partial charge in [-0.3, -0.25) is 9.58 Å². The molecule has 0 N–H and O–H groups in total. The van der Waals surface area contributed by atoms with E-state index in [9.17, 15) is 0 Å². The van der Waals surface area contributed by atoms with E-state index in [-0.39, 0.29) is 0 Å². The fourth-order valence-electron chi connectivity index (χ4n) is 5.70. The molecule has 0 unspecified atom stereocenters. The standard InChI is InChI=1S/C22H36N4O/c1-16-11-23-26(12-16)21-9-18-13-25(20-5-7-24(2)8-6-20)14-19(18)10-22(21)27-15-17-3-4-17/h11-12,17-22H,3-10,13-15H2,1-2H3/t18-,19+,21-,22-/m0/s1. The van der Waals surface area contributed by atoms with Crippen molar-refractivity contribution in [3.8, 4) is 0 Å². The fraction of sp³-hybridized carbons (Fsp3) is 0.864. The van der Waals surface area contributed by atoms with E-state index in [4.69, 9.17) is 4.74 Å². The Morgan fingerprint density at radius 1 is 1.07 bits per heavy atom. The Balaban J connectivity index is 1.27. The lowest BCUT2D eigenvalue weighted by Crippen LogP contribution is -2.42. The molecule has 1 aromatic heterocycles. The summed E-state index contributed by atoms with van der Waals surface area (Å²) in [5, 5.41) is 4.68. The Labute approximate surface area is 164 Å². The smallest absolute Gasteiger partial charge is 0.0802 e. The lowest BCUT2D eigenvalue weighted by atomic mass is 9.77. The molecule has 1 aromatic rings. The van der Waals surface area contributed by atoms with Gasteiger partial charge in [-0.05, 0) is 88.9 Å². The third-order valence-electron chi connectivity index (χ3n) is 7.63. The number of fused-ring (bicyclic) bond motifs is 1. The van der Waals surface area contributed by atoms with Crippen molar-refractivity contribution >= 4 is 0 Å². The van der Waals surface area contributed by atoms with Crippen LogP contribution in [0, 0.1) is 24.7 Å². The number of aromatic nitrogens is 2. The first-order valence-electron chi connectivity index (χ1n) is 11.2. The van der Waals surface area contributed by atoms with Crippen molar-refractivity contribution in [2.24, 2.45) is 17.8 Å². The number of likely N-dealkylation sites (tertiary alicyclic amines) is 2. The molecule has 5 rings (SSSR count). The highest BCUT2D eigenvalue weighted by molar-refractivity contribution is 5.04. The Bertz CT molecular complexity index is 634. The van der Waals surface area contributed by atoms with Crippen molar-refractivity contribution in [2.75, 3.05) is 39.8 Å².